The third kappa shape index (κ3) is 0.876. The molecule has 2 heteroatoms. The molecule has 0 saturated heterocycles. The van der Waals surface area contributed by atoms with Crippen molar-refractivity contribution in [3.8, 4) is 0 Å². The van der Waals surface area contributed by atoms with Crippen molar-refractivity contribution < 1.29 is 5.11 Å². The molecular formula is C8H13ClO. The van der Waals surface area contributed by atoms with Gasteiger partial charge in [0.05, 0.1) is 11.0 Å². The summed E-state index contributed by atoms with van der Waals surface area (Å²) in [5.41, 5.74) is -0.490. The van der Waals surface area contributed by atoms with Gasteiger partial charge in [0, 0.05) is 0 Å². The van der Waals surface area contributed by atoms with Gasteiger partial charge in [-0.25, -0.2) is 0 Å². The van der Waals surface area contributed by atoms with E-state index in [0.29, 0.717) is 0 Å². The second-order valence-electron chi connectivity index (χ2n) is 3.75. The first kappa shape index (κ1) is 6.93. The van der Waals surface area contributed by atoms with Crippen molar-refractivity contribution in [2.24, 2.45) is 5.92 Å². The number of halogens is 1. The molecule has 10 heavy (non-hydrogen) atoms. The van der Waals surface area contributed by atoms with Gasteiger partial charge in [-0.05, 0) is 38.0 Å². The molecule has 0 amide bonds. The fourth-order valence-corrected chi connectivity index (χ4v) is 2.71. The summed E-state index contributed by atoms with van der Waals surface area (Å²) in [6.07, 6.45) is 5.30. The van der Waals surface area contributed by atoms with Gasteiger partial charge in [0.2, 0.25) is 0 Å². The zero-order valence-corrected chi connectivity index (χ0v) is 6.77. The Hall–Kier alpha value is 0.250. The summed E-state index contributed by atoms with van der Waals surface area (Å²) < 4.78 is 0. The maximum atomic E-state index is 9.85. The molecule has 3 rings (SSSR count). The average Bonchev–Trinajstić information content (AvgIpc) is 1.92. The van der Waals surface area contributed by atoms with Gasteiger partial charge in [-0.1, -0.05) is 0 Å². The molecule has 1 N–H and O–H groups in total. The van der Waals surface area contributed by atoms with Crippen LogP contribution in [0.1, 0.15) is 32.1 Å². The van der Waals surface area contributed by atoms with E-state index in [-0.39, 0.29) is 5.38 Å². The highest BCUT2D eigenvalue weighted by atomic mass is 35.5. The van der Waals surface area contributed by atoms with Gasteiger partial charge >= 0.3 is 0 Å². The number of hydrogen-bond donors (Lipinski definition) is 1. The largest absolute Gasteiger partial charge is 0.388 e. The minimum Gasteiger partial charge on any atom is -0.388 e. The summed E-state index contributed by atoms with van der Waals surface area (Å²) in [6.45, 7) is 0. The second-order valence-corrected chi connectivity index (χ2v) is 4.28. The molecule has 0 radical (unpaired) electrons. The predicted octanol–water partition coefficient (Wildman–Crippen LogP) is 1.92. The van der Waals surface area contributed by atoms with Crippen molar-refractivity contribution in [3.05, 3.63) is 0 Å². The highest BCUT2D eigenvalue weighted by Gasteiger charge is 2.45. The molecule has 0 heterocycles. The molecule has 1 nitrogen and oxygen atoms in total. The Morgan fingerprint density at radius 2 is 1.90 bits per heavy atom. The van der Waals surface area contributed by atoms with E-state index in [0.717, 1.165) is 25.2 Å². The van der Waals surface area contributed by atoms with E-state index in [2.05, 4.69) is 0 Å². The summed E-state index contributed by atoms with van der Waals surface area (Å²) in [5, 5.41) is 9.90. The summed E-state index contributed by atoms with van der Waals surface area (Å²) in [5.74, 6) is 0.816. The van der Waals surface area contributed by atoms with Crippen molar-refractivity contribution in [1.29, 1.82) is 0 Å². The fourth-order valence-electron chi connectivity index (χ4n) is 2.24. The molecule has 1 atom stereocenters. The lowest BCUT2D eigenvalue weighted by molar-refractivity contribution is -0.0497. The van der Waals surface area contributed by atoms with Gasteiger partial charge < -0.3 is 5.11 Å². The molecule has 0 aliphatic heterocycles. The normalized spacial score (nSPS) is 53.4. The lowest BCUT2D eigenvalue weighted by Crippen LogP contribution is -2.48. The van der Waals surface area contributed by atoms with Gasteiger partial charge in [-0.2, -0.15) is 0 Å². The SMILES string of the molecule is OC12CCC(CC1)CC2Cl. The molecule has 58 valence electrons. The molecule has 3 saturated carbocycles. The van der Waals surface area contributed by atoms with Crippen LogP contribution in [0.4, 0.5) is 0 Å². The highest BCUT2D eigenvalue weighted by Crippen LogP contribution is 2.46. The lowest BCUT2D eigenvalue weighted by atomic mass is 9.67. The van der Waals surface area contributed by atoms with E-state index in [1.54, 1.807) is 0 Å². The Balaban J connectivity index is 2.17. The second kappa shape index (κ2) is 2.12. The minimum absolute atomic E-state index is 0.0417. The molecule has 3 aliphatic rings. The van der Waals surface area contributed by atoms with Crippen LogP contribution >= 0.6 is 11.6 Å². The number of alkyl halides is 1. The Morgan fingerprint density at radius 1 is 1.30 bits per heavy atom. The molecule has 0 spiro atoms. The zero-order chi connectivity index (χ0) is 7.19. The van der Waals surface area contributed by atoms with Crippen LogP contribution in [0.15, 0.2) is 0 Å². The standard InChI is InChI=1S/C8H13ClO/c9-7-5-6-1-3-8(7,10)4-2-6/h6-7,10H,1-5H2. The van der Waals surface area contributed by atoms with Crippen LogP contribution in [-0.4, -0.2) is 16.1 Å². The van der Waals surface area contributed by atoms with Gasteiger partial charge in [-0.15, -0.1) is 11.6 Å². The Morgan fingerprint density at radius 3 is 2.20 bits per heavy atom. The molecule has 0 aromatic heterocycles. The molecule has 2 bridgehead atoms. The van der Waals surface area contributed by atoms with Gasteiger partial charge in [0.25, 0.3) is 0 Å². The summed E-state index contributed by atoms with van der Waals surface area (Å²) >= 11 is 6.00. The van der Waals surface area contributed by atoms with Crippen LogP contribution in [0.2, 0.25) is 0 Å². The van der Waals surface area contributed by atoms with Crippen LogP contribution < -0.4 is 0 Å². The van der Waals surface area contributed by atoms with E-state index < -0.39 is 5.60 Å². The van der Waals surface area contributed by atoms with Gasteiger partial charge in [0.15, 0.2) is 0 Å². The van der Waals surface area contributed by atoms with Crippen LogP contribution in [0.5, 0.6) is 0 Å². The third-order valence-electron chi connectivity index (χ3n) is 3.09. The maximum absolute atomic E-state index is 9.85. The molecule has 0 aromatic rings. The Bertz CT molecular complexity index is 138. The van der Waals surface area contributed by atoms with Crippen LogP contribution in [0.3, 0.4) is 0 Å². The van der Waals surface area contributed by atoms with E-state index in [9.17, 15) is 5.11 Å². The van der Waals surface area contributed by atoms with Crippen LogP contribution in [0, 0.1) is 5.92 Å². The lowest BCUT2D eigenvalue weighted by Gasteiger charge is -2.46. The zero-order valence-electron chi connectivity index (χ0n) is 6.02. The van der Waals surface area contributed by atoms with Crippen molar-refractivity contribution in [3.63, 3.8) is 0 Å². The Kier molecular flexibility index (Phi) is 1.47. The van der Waals surface area contributed by atoms with Crippen LogP contribution in [-0.2, 0) is 0 Å². The summed E-state index contributed by atoms with van der Waals surface area (Å²) in [6, 6.07) is 0. The number of aliphatic hydroxyl groups is 1. The van der Waals surface area contributed by atoms with Gasteiger partial charge in [0.1, 0.15) is 0 Å². The summed E-state index contributed by atoms with van der Waals surface area (Å²) in [4.78, 5) is 0. The van der Waals surface area contributed by atoms with Crippen LogP contribution in [0.25, 0.3) is 0 Å². The molecule has 3 fully saturated rings. The quantitative estimate of drug-likeness (QED) is 0.537. The average molecular weight is 161 g/mol. The fraction of sp³-hybridized carbons (Fsp3) is 1.00. The molecule has 0 aromatic carbocycles. The van der Waals surface area contributed by atoms with Crippen molar-refractivity contribution >= 4 is 11.6 Å². The number of rotatable bonds is 0. The minimum atomic E-state index is -0.490. The van der Waals surface area contributed by atoms with Gasteiger partial charge in [-0.3, -0.25) is 0 Å². The predicted molar refractivity (Wildman–Crippen MR) is 41.2 cm³/mol. The first-order chi connectivity index (χ1) is 4.71. The highest BCUT2D eigenvalue weighted by molar-refractivity contribution is 6.21. The van der Waals surface area contributed by atoms with Crippen molar-refractivity contribution in [1.82, 2.24) is 0 Å². The molecule has 1 unspecified atom stereocenters. The molecule has 3 aliphatic carbocycles. The first-order valence-corrected chi connectivity index (χ1v) is 4.51. The number of fused-ring (bicyclic) bond motifs is 3. The smallest absolute Gasteiger partial charge is 0.0810 e. The van der Waals surface area contributed by atoms with E-state index >= 15 is 0 Å². The van der Waals surface area contributed by atoms with Crippen molar-refractivity contribution in [2.75, 3.05) is 0 Å². The maximum Gasteiger partial charge on any atom is 0.0810 e. The monoisotopic (exact) mass is 160 g/mol. The number of hydrogen-bond acceptors (Lipinski definition) is 1. The topological polar surface area (TPSA) is 20.2 Å². The van der Waals surface area contributed by atoms with E-state index in [1.807, 2.05) is 0 Å². The first-order valence-electron chi connectivity index (χ1n) is 4.07. The van der Waals surface area contributed by atoms with E-state index in [4.69, 9.17) is 11.6 Å². The van der Waals surface area contributed by atoms with E-state index in [1.165, 1.54) is 12.8 Å². The third-order valence-corrected chi connectivity index (χ3v) is 3.68. The Labute approximate surface area is 66.4 Å². The summed E-state index contributed by atoms with van der Waals surface area (Å²) in [7, 11) is 0. The van der Waals surface area contributed by atoms with Crippen molar-refractivity contribution in [2.45, 2.75) is 43.1 Å². The molecular weight excluding hydrogens is 148 g/mol.